The highest BCUT2D eigenvalue weighted by molar-refractivity contribution is 6.11. The smallest absolute Gasteiger partial charge is 0.231 e. The van der Waals surface area contributed by atoms with E-state index >= 15 is 0 Å². The molecule has 2 aromatic rings. The molecule has 5 aliphatic rings. The summed E-state index contributed by atoms with van der Waals surface area (Å²) < 4.78 is 6.18. The number of hydrogen-bond donors (Lipinski definition) is 2. The first-order chi connectivity index (χ1) is 15.9. The maximum atomic E-state index is 12.7. The minimum Gasteiger partial charge on any atom is -0.493 e. The van der Waals surface area contributed by atoms with Crippen LogP contribution < -0.4 is 10.6 Å². The summed E-state index contributed by atoms with van der Waals surface area (Å²) in [7, 11) is 0. The lowest BCUT2D eigenvalue weighted by Crippen LogP contribution is -2.58. The van der Waals surface area contributed by atoms with Gasteiger partial charge in [0.05, 0.1) is 29.4 Å². The predicted octanol–water partition coefficient (Wildman–Crippen LogP) is 2.18. The zero-order valence-electron chi connectivity index (χ0n) is 17.9. The normalized spacial score (nSPS) is 33.8. The second kappa shape index (κ2) is 6.88. The molecule has 2 N–H and O–H groups in total. The van der Waals surface area contributed by atoms with Crippen LogP contribution in [0.25, 0.3) is 11.1 Å². The van der Waals surface area contributed by atoms with Crippen LogP contribution in [-0.2, 0) is 30.5 Å². The number of rotatable bonds is 4. The van der Waals surface area contributed by atoms with Gasteiger partial charge in [0, 0.05) is 11.3 Å². The van der Waals surface area contributed by atoms with Crippen molar-refractivity contribution in [1.29, 1.82) is 0 Å². The summed E-state index contributed by atoms with van der Waals surface area (Å²) in [4.78, 5) is 50.6. The summed E-state index contributed by atoms with van der Waals surface area (Å²) >= 11 is 0. The highest BCUT2D eigenvalue weighted by atomic mass is 16.5. The van der Waals surface area contributed by atoms with Gasteiger partial charge in [0.2, 0.25) is 23.6 Å². The maximum absolute atomic E-state index is 12.7. The van der Waals surface area contributed by atoms with Crippen LogP contribution in [-0.4, -0.2) is 23.6 Å². The maximum Gasteiger partial charge on any atom is 0.231 e. The lowest BCUT2D eigenvalue weighted by atomic mass is 9.47. The molecule has 2 aliphatic heterocycles. The number of benzene rings is 2. The Balaban J connectivity index is 1.30. The van der Waals surface area contributed by atoms with Crippen molar-refractivity contribution in [2.24, 2.45) is 35.0 Å². The largest absolute Gasteiger partial charge is 0.493 e. The van der Waals surface area contributed by atoms with Gasteiger partial charge in [0.25, 0.3) is 0 Å². The van der Waals surface area contributed by atoms with Gasteiger partial charge < -0.3 is 4.74 Å². The quantitative estimate of drug-likeness (QED) is 0.707. The summed E-state index contributed by atoms with van der Waals surface area (Å²) in [5, 5.41) is 4.82. The molecule has 3 aliphatic carbocycles. The second-order valence-electron chi connectivity index (χ2n) is 9.50. The molecule has 33 heavy (non-hydrogen) atoms. The predicted molar refractivity (Wildman–Crippen MR) is 117 cm³/mol. The van der Waals surface area contributed by atoms with E-state index in [0.717, 1.165) is 16.7 Å². The van der Waals surface area contributed by atoms with Crippen LogP contribution in [0.5, 0.6) is 0 Å². The van der Waals surface area contributed by atoms with Crippen LogP contribution in [0.4, 0.5) is 0 Å². The Morgan fingerprint density at radius 1 is 0.727 bits per heavy atom. The fraction of sp³-hybridized carbons (Fsp3) is 0.308. The van der Waals surface area contributed by atoms with Gasteiger partial charge in [-0.3, -0.25) is 29.8 Å². The van der Waals surface area contributed by atoms with Crippen LogP contribution in [0, 0.1) is 35.0 Å². The molecule has 0 spiro atoms. The average Bonchev–Trinajstić information content (AvgIpc) is 3.30. The lowest BCUT2D eigenvalue weighted by Gasteiger charge is -2.53. The van der Waals surface area contributed by atoms with Crippen molar-refractivity contribution in [3.8, 4) is 11.1 Å². The molecule has 1 saturated carbocycles. The molecule has 4 amide bonds. The zero-order chi connectivity index (χ0) is 22.9. The molecule has 2 bridgehead atoms. The molecule has 2 saturated heterocycles. The van der Waals surface area contributed by atoms with E-state index in [1.165, 1.54) is 0 Å². The van der Waals surface area contributed by atoms with Crippen molar-refractivity contribution in [3.63, 3.8) is 0 Å². The minimum atomic E-state index is -0.969. The zero-order valence-corrected chi connectivity index (χ0v) is 17.9. The van der Waals surface area contributed by atoms with Crippen LogP contribution in [0.1, 0.15) is 12.5 Å². The molecule has 0 aromatic heterocycles. The van der Waals surface area contributed by atoms with E-state index in [2.05, 4.69) is 10.6 Å². The van der Waals surface area contributed by atoms with E-state index in [4.69, 9.17) is 4.74 Å². The van der Waals surface area contributed by atoms with E-state index in [0.29, 0.717) is 5.76 Å². The summed E-state index contributed by atoms with van der Waals surface area (Å²) in [6.07, 6.45) is 1.81. The third-order valence-electron chi connectivity index (χ3n) is 7.74. The topological polar surface area (TPSA) is 102 Å². The van der Waals surface area contributed by atoms with E-state index in [9.17, 15) is 19.2 Å². The number of carbonyl (C=O) groups excluding carboxylic acids is 4. The molecule has 2 aromatic carbocycles. The third kappa shape index (κ3) is 2.74. The lowest BCUT2D eigenvalue weighted by molar-refractivity contribution is -0.150. The van der Waals surface area contributed by atoms with E-state index in [1.807, 2.05) is 60.7 Å². The van der Waals surface area contributed by atoms with E-state index in [1.54, 1.807) is 6.92 Å². The first kappa shape index (κ1) is 19.9. The summed E-state index contributed by atoms with van der Waals surface area (Å²) in [5.41, 5.74) is 2.18. The number of amides is 4. The fourth-order valence-electron chi connectivity index (χ4n) is 6.36. The Bertz CT molecular complexity index is 1190. The van der Waals surface area contributed by atoms with Gasteiger partial charge in [-0.15, -0.1) is 0 Å². The van der Waals surface area contributed by atoms with E-state index in [-0.39, 0.29) is 18.4 Å². The molecule has 0 radical (unpaired) electrons. The highest BCUT2D eigenvalue weighted by Gasteiger charge is 2.72. The van der Waals surface area contributed by atoms with Crippen LogP contribution in [0.3, 0.4) is 0 Å². The van der Waals surface area contributed by atoms with Crippen molar-refractivity contribution in [3.05, 3.63) is 72.0 Å². The number of hydrogen-bond acceptors (Lipinski definition) is 5. The second-order valence-corrected chi connectivity index (χ2v) is 9.50. The van der Waals surface area contributed by atoms with Crippen LogP contribution >= 0.6 is 0 Å². The van der Waals surface area contributed by atoms with Crippen molar-refractivity contribution in [1.82, 2.24) is 10.6 Å². The van der Waals surface area contributed by atoms with Crippen LogP contribution in [0.15, 0.2) is 66.4 Å². The first-order valence-corrected chi connectivity index (χ1v) is 11.1. The average molecular weight is 442 g/mol. The van der Waals surface area contributed by atoms with Crippen molar-refractivity contribution in [2.45, 2.75) is 13.5 Å². The van der Waals surface area contributed by atoms with Crippen molar-refractivity contribution < 1.29 is 23.9 Å². The minimum absolute atomic E-state index is 0.257. The molecule has 4 atom stereocenters. The number of ether oxygens (including phenoxy) is 1. The number of nitrogens with one attached hydrogen (secondary N) is 2. The summed E-state index contributed by atoms with van der Waals surface area (Å²) in [5.74, 6) is -4.44. The Morgan fingerprint density at radius 3 is 1.85 bits per heavy atom. The number of allylic oxidation sites excluding steroid dienone is 2. The fourth-order valence-corrected chi connectivity index (χ4v) is 6.36. The molecule has 3 fully saturated rings. The summed E-state index contributed by atoms with van der Waals surface area (Å²) in [6, 6.07) is 18.1. The molecule has 0 unspecified atom stereocenters. The van der Waals surface area contributed by atoms with Gasteiger partial charge in [0.1, 0.15) is 6.61 Å². The van der Waals surface area contributed by atoms with Crippen molar-refractivity contribution in [2.75, 3.05) is 0 Å². The van der Waals surface area contributed by atoms with Gasteiger partial charge in [-0.05, 0) is 22.8 Å². The molecule has 7 heteroatoms. The molecule has 7 rings (SSSR count). The SMILES string of the molecule is CC12C=C(OCc3ccc(-c4ccccc4)cc3)C([C@@H]3C(=O)NC(=O)[C@@H]31)[C@@H]1C(=O)NC(=O)[C@@H]12. The Kier molecular flexibility index (Phi) is 4.15. The molecule has 2 heterocycles. The third-order valence-corrected chi connectivity index (χ3v) is 7.74. The first-order valence-electron chi connectivity index (χ1n) is 11.1. The Hall–Kier alpha value is -3.74. The number of carbonyl (C=O) groups is 4. The standard InChI is InChI=1S/C26H22N2O5/c1-26-11-16(33-12-13-7-9-15(10-8-13)14-5-3-2-4-6-14)17(18-20(26)24(31)27-22(18)29)19-21(26)25(32)28-23(19)30/h2-11,17-21H,12H2,1H3,(H,27,29,31)(H,28,30,32)/t17?,18-,19-,20+,21+,26?/m0/s1. The van der Waals surface area contributed by atoms with Crippen molar-refractivity contribution >= 4 is 23.6 Å². The molecule has 7 nitrogen and oxygen atoms in total. The van der Waals surface area contributed by atoms with Gasteiger partial charge in [-0.2, -0.15) is 0 Å². The molecule has 166 valence electrons. The van der Waals surface area contributed by atoms with Crippen LogP contribution in [0.2, 0.25) is 0 Å². The highest BCUT2D eigenvalue weighted by Crippen LogP contribution is 2.63. The monoisotopic (exact) mass is 442 g/mol. The van der Waals surface area contributed by atoms with Gasteiger partial charge in [-0.1, -0.05) is 61.5 Å². The molecular formula is C26H22N2O5. The van der Waals surface area contributed by atoms with E-state index < -0.39 is 46.8 Å². The summed E-state index contributed by atoms with van der Waals surface area (Å²) in [6.45, 7) is 2.04. The van der Waals surface area contributed by atoms with Gasteiger partial charge in [-0.25, -0.2) is 0 Å². The molecular weight excluding hydrogens is 420 g/mol. The van der Waals surface area contributed by atoms with Gasteiger partial charge in [0.15, 0.2) is 0 Å². The number of imide groups is 2. The Labute approximate surface area is 190 Å². The Morgan fingerprint density at radius 2 is 1.27 bits per heavy atom. The van der Waals surface area contributed by atoms with Gasteiger partial charge >= 0.3 is 0 Å².